The van der Waals surface area contributed by atoms with Crippen LogP contribution in [-0.4, -0.2) is 12.4 Å². The Hall–Kier alpha value is -0.790. The summed E-state index contributed by atoms with van der Waals surface area (Å²) in [5.74, 6) is 0.917. The molecule has 0 aliphatic carbocycles. The van der Waals surface area contributed by atoms with Gasteiger partial charge in [0.1, 0.15) is 6.10 Å². The highest BCUT2D eigenvalue weighted by Gasteiger charge is 2.26. The number of allylic oxidation sites excluding steroid dienone is 1. The molecule has 0 N–H and O–H groups in total. The molecule has 0 amide bonds. The molecule has 1 aliphatic rings. The molecule has 0 aromatic carbocycles. The molecule has 56 valence electrons. The summed E-state index contributed by atoms with van der Waals surface area (Å²) in [6.45, 7) is 5.99. The average molecular weight is 140 g/mol. The highest BCUT2D eigenvalue weighted by Crippen LogP contribution is 2.28. The minimum atomic E-state index is 0.167. The van der Waals surface area contributed by atoms with E-state index in [-0.39, 0.29) is 6.10 Å². The van der Waals surface area contributed by atoms with Crippen molar-refractivity contribution >= 4 is 6.29 Å². The van der Waals surface area contributed by atoms with E-state index >= 15 is 0 Å². The number of hydrogen-bond donors (Lipinski definition) is 0. The second-order valence-electron chi connectivity index (χ2n) is 2.78. The second kappa shape index (κ2) is 2.45. The summed E-state index contributed by atoms with van der Waals surface area (Å²) in [5, 5.41) is 0. The molecule has 1 aliphatic heterocycles. The Bertz CT molecular complexity index is 182. The van der Waals surface area contributed by atoms with Crippen molar-refractivity contribution in [2.75, 3.05) is 0 Å². The number of hydrogen-bond acceptors (Lipinski definition) is 2. The van der Waals surface area contributed by atoms with Crippen molar-refractivity contribution in [1.29, 1.82) is 0 Å². The maximum absolute atomic E-state index is 10.3. The number of carbonyl (C=O) groups is 1. The van der Waals surface area contributed by atoms with Crippen LogP contribution in [0.5, 0.6) is 0 Å². The molecular formula is C8H12O2. The van der Waals surface area contributed by atoms with E-state index in [1.165, 1.54) is 0 Å². The summed E-state index contributed by atoms with van der Waals surface area (Å²) >= 11 is 0. The minimum Gasteiger partial charge on any atom is -0.487 e. The maximum atomic E-state index is 10.3. The zero-order valence-electron chi connectivity index (χ0n) is 6.55. The molecule has 1 unspecified atom stereocenters. The summed E-state index contributed by atoms with van der Waals surface area (Å²) in [4.78, 5) is 10.3. The van der Waals surface area contributed by atoms with Gasteiger partial charge in [0.2, 0.25) is 0 Å². The van der Waals surface area contributed by atoms with Crippen LogP contribution in [0.2, 0.25) is 0 Å². The number of rotatable bonds is 1. The van der Waals surface area contributed by atoms with Gasteiger partial charge in [0, 0.05) is 5.92 Å². The average Bonchev–Trinajstić information content (AvgIpc) is 2.17. The smallest absolute Gasteiger partial charge is 0.184 e. The normalized spacial score (nSPS) is 32.3. The molecule has 2 nitrogen and oxygen atoms in total. The van der Waals surface area contributed by atoms with E-state index in [2.05, 4.69) is 6.92 Å². The van der Waals surface area contributed by atoms with E-state index in [1.54, 1.807) is 0 Å². The molecule has 0 fully saturated rings. The van der Waals surface area contributed by atoms with Crippen molar-refractivity contribution in [3.63, 3.8) is 0 Å². The lowest BCUT2D eigenvalue weighted by Gasteiger charge is -2.08. The predicted octanol–water partition coefficient (Wildman–Crippen LogP) is 1.51. The fraction of sp³-hybridized carbons (Fsp3) is 0.625. The van der Waals surface area contributed by atoms with Crippen LogP contribution in [0.1, 0.15) is 20.8 Å². The molecule has 0 bridgehead atoms. The third-order valence-corrected chi connectivity index (χ3v) is 2.20. The van der Waals surface area contributed by atoms with Gasteiger partial charge in [0.15, 0.2) is 12.0 Å². The Morgan fingerprint density at radius 1 is 1.50 bits per heavy atom. The van der Waals surface area contributed by atoms with E-state index in [9.17, 15) is 4.79 Å². The third-order valence-electron chi connectivity index (χ3n) is 2.20. The molecule has 1 heterocycles. The van der Waals surface area contributed by atoms with E-state index in [4.69, 9.17) is 4.74 Å². The zero-order valence-corrected chi connectivity index (χ0v) is 6.55. The fourth-order valence-electron chi connectivity index (χ4n) is 1.09. The molecule has 2 heteroatoms. The zero-order chi connectivity index (χ0) is 7.72. The molecule has 0 saturated carbocycles. The molecule has 2 atom stereocenters. The van der Waals surface area contributed by atoms with E-state index in [0.717, 1.165) is 11.9 Å². The Morgan fingerprint density at radius 3 is 2.30 bits per heavy atom. The molecule has 0 saturated heterocycles. The Balaban J connectivity index is 2.83. The van der Waals surface area contributed by atoms with Gasteiger partial charge in [-0.3, -0.25) is 4.79 Å². The van der Waals surface area contributed by atoms with Crippen LogP contribution in [0.3, 0.4) is 0 Å². The van der Waals surface area contributed by atoms with Crippen LogP contribution in [-0.2, 0) is 9.53 Å². The van der Waals surface area contributed by atoms with Crippen molar-refractivity contribution in [3.8, 4) is 0 Å². The van der Waals surface area contributed by atoms with Gasteiger partial charge in [-0.1, -0.05) is 6.92 Å². The highest BCUT2D eigenvalue weighted by atomic mass is 16.5. The lowest BCUT2D eigenvalue weighted by molar-refractivity contribution is -0.108. The molecule has 0 radical (unpaired) electrons. The molecule has 0 spiro atoms. The van der Waals surface area contributed by atoms with Crippen molar-refractivity contribution in [2.45, 2.75) is 26.9 Å². The van der Waals surface area contributed by atoms with Gasteiger partial charge in [-0.2, -0.15) is 0 Å². The molecule has 0 aromatic heterocycles. The van der Waals surface area contributed by atoms with Crippen LogP contribution in [0.25, 0.3) is 0 Å². The van der Waals surface area contributed by atoms with Crippen molar-refractivity contribution in [2.24, 2.45) is 5.92 Å². The maximum Gasteiger partial charge on any atom is 0.184 e. The second-order valence-corrected chi connectivity index (χ2v) is 2.78. The number of ether oxygens (including phenoxy) is 1. The first-order valence-corrected chi connectivity index (χ1v) is 3.49. The van der Waals surface area contributed by atoms with Crippen molar-refractivity contribution < 1.29 is 9.53 Å². The number of carbonyl (C=O) groups excluding carboxylic acids is 1. The summed E-state index contributed by atoms with van der Waals surface area (Å²) in [5.41, 5.74) is 1.07. The quantitative estimate of drug-likeness (QED) is 0.516. The topological polar surface area (TPSA) is 26.3 Å². The van der Waals surface area contributed by atoms with Gasteiger partial charge in [-0.25, -0.2) is 0 Å². The Kier molecular flexibility index (Phi) is 1.79. The first-order chi connectivity index (χ1) is 4.66. The molecule has 10 heavy (non-hydrogen) atoms. The highest BCUT2D eigenvalue weighted by molar-refractivity contribution is 5.72. The van der Waals surface area contributed by atoms with Crippen LogP contribution in [0.4, 0.5) is 0 Å². The van der Waals surface area contributed by atoms with Crippen molar-refractivity contribution in [3.05, 3.63) is 11.3 Å². The van der Waals surface area contributed by atoms with E-state index < -0.39 is 0 Å². The van der Waals surface area contributed by atoms with E-state index in [1.807, 2.05) is 13.8 Å². The fourth-order valence-corrected chi connectivity index (χ4v) is 1.09. The van der Waals surface area contributed by atoms with Crippen LogP contribution in [0.15, 0.2) is 11.3 Å². The monoisotopic (exact) mass is 140 g/mol. The van der Waals surface area contributed by atoms with E-state index in [0.29, 0.717) is 11.7 Å². The third kappa shape index (κ3) is 0.939. The predicted molar refractivity (Wildman–Crippen MR) is 38.5 cm³/mol. The largest absolute Gasteiger partial charge is 0.487 e. The van der Waals surface area contributed by atoms with Crippen LogP contribution < -0.4 is 0 Å². The number of aldehydes is 1. The van der Waals surface area contributed by atoms with Gasteiger partial charge in [-0.15, -0.1) is 0 Å². The van der Waals surface area contributed by atoms with Crippen LogP contribution >= 0.6 is 0 Å². The molecule has 1 rings (SSSR count). The molecular weight excluding hydrogens is 128 g/mol. The van der Waals surface area contributed by atoms with Crippen LogP contribution in [0, 0.1) is 5.92 Å². The minimum absolute atomic E-state index is 0.167. The SMILES string of the molecule is CC1=C(C=O)O[C@H](C)C1C. The lowest BCUT2D eigenvalue weighted by Crippen LogP contribution is -2.09. The van der Waals surface area contributed by atoms with Gasteiger partial charge < -0.3 is 4.74 Å². The summed E-state index contributed by atoms with van der Waals surface area (Å²) in [7, 11) is 0. The van der Waals surface area contributed by atoms with Gasteiger partial charge >= 0.3 is 0 Å². The summed E-state index contributed by atoms with van der Waals surface area (Å²) in [6.07, 6.45) is 0.954. The Labute approximate surface area is 60.9 Å². The van der Waals surface area contributed by atoms with Gasteiger partial charge in [0.05, 0.1) is 0 Å². The molecule has 0 aromatic rings. The first kappa shape index (κ1) is 7.32. The van der Waals surface area contributed by atoms with Crippen molar-refractivity contribution in [1.82, 2.24) is 0 Å². The Morgan fingerprint density at radius 2 is 2.10 bits per heavy atom. The summed E-state index contributed by atoms with van der Waals surface area (Å²) < 4.78 is 5.25. The lowest BCUT2D eigenvalue weighted by atomic mass is 10.00. The van der Waals surface area contributed by atoms with Gasteiger partial charge in [0.25, 0.3) is 0 Å². The summed E-state index contributed by atoms with van der Waals surface area (Å²) in [6, 6.07) is 0. The van der Waals surface area contributed by atoms with Gasteiger partial charge in [-0.05, 0) is 19.4 Å². The first-order valence-electron chi connectivity index (χ1n) is 3.49. The standard InChI is InChI=1S/C8H12O2/c1-5-6(2)8(4-9)10-7(5)3/h4-5,7H,1-3H3/t5?,7-/m1/s1.